The van der Waals surface area contributed by atoms with Crippen molar-refractivity contribution in [2.75, 3.05) is 38.4 Å². The van der Waals surface area contributed by atoms with Gasteiger partial charge in [0.25, 0.3) is 5.91 Å². The van der Waals surface area contributed by atoms with Crippen LogP contribution in [0.3, 0.4) is 0 Å². The Labute approximate surface area is 152 Å². The number of hydrogen-bond acceptors (Lipinski definition) is 7. The van der Waals surface area contributed by atoms with E-state index in [1.165, 1.54) is 18.1 Å². The zero-order chi connectivity index (χ0) is 19.6. The molecule has 0 aromatic heterocycles. The molecule has 8 nitrogen and oxygen atoms in total. The molecule has 0 spiro atoms. The minimum Gasteiger partial charge on any atom is -0.466 e. The number of methoxy groups -OCH3 is 1. The van der Waals surface area contributed by atoms with Crippen LogP contribution < -0.4 is 5.32 Å². The Bertz CT molecular complexity index is 889. The molecular weight excluding hydrogens is 360 g/mol. The van der Waals surface area contributed by atoms with E-state index in [0.29, 0.717) is 11.3 Å². The summed E-state index contributed by atoms with van der Waals surface area (Å²) in [6.07, 6.45) is 1.11. The molecule has 0 radical (unpaired) electrons. The second-order valence-electron chi connectivity index (χ2n) is 6.13. The molecule has 0 bridgehead atoms. The van der Waals surface area contributed by atoms with E-state index in [2.05, 4.69) is 5.32 Å². The standard InChI is InChI=1S/C17H22N2O6S/c1-10-7-11(2)14(26(4,23)24)8-13(10)18-15-12(17(22)25-3)9-19(5-6-20)16(15)21/h7-8,18,20H,5-6,9H2,1-4H3. The molecule has 9 heteroatoms. The highest BCUT2D eigenvalue weighted by atomic mass is 32.2. The molecule has 1 amide bonds. The molecule has 0 aliphatic carbocycles. The lowest BCUT2D eigenvalue weighted by molar-refractivity contribution is -0.136. The maximum absolute atomic E-state index is 12.6. The van der Waals surface area contributed by atoms with Crippen LogP contribution in [0.1, 0.15) is 11.1 Å². The Hall–Kier alpha value is -2.39. The molecule has 1 aromatic rings. The van der Waals surface area contributed by atoms with Gasteiger partial charge in [-0.1, -0.05) is 6.07 Å². The van der Waals surface area contributed by atoms with E-state index < -0.39 is 21.7 Å². The summed E-state index contributed by atoms with van der Waals surface area (Å²) >= 11 is 0. The number of aryl methyl sites for hydroxylation is 2. The van der Waals surface area contributed by atoms with E-state index >= 15 is 0 Å². The molecule has 1 aromatic carbocycles. The topological polar surface area (TPSA) is 113 Å². The van der Waals surface area contributed by atoms with E-state index in [4.69, 9.17) is 9.84 Å². The number of amides is 1. The van der Waals surface area contributed by atoms with Crippen molar-refractivity contribution in [1.29, 1.82) is 0 Å². The molecule has 0 atom stereocenters. The van der Waals surface area contributed by atoms with Gasteiger partial charge in [0, 0.05) is 18.5 Å². The molecule has 0 saturated carbocycles. The summed E-state index contributed by atoms with van der Waals surface area (Å²) in [6.45, 7) is 3.31. The number of rotatable bonds is 6. The van der Waals surface area contributed by atoms with E-state index in [1.54, 1.807) is 19.9 Å². The van der Waals surface area contributed by atoms with Gasteiger partial charge in [0.05, 0.1) is 30.7 Å². The van der Waals surface area contributed by atoms with Gasteiger partial charge in [-0.2, -0.15) is 0 Å². The van der Waals surface area contributed by atoms with E-state index in [-0.39, 0.29) is 35.9 Å². The fraction of sp³-hybridized carbons (Fsp3) is 0.412. The van der Waals surface area contributed by atoms with Crippen LogP contribution in [0.2, 0.25) is 0 Å². The number of sulfone groups is 1. The summed E-state index contributed by atoms with van der Waals surface area (Å²) in [4.78, 5) is 26.0. The Morgan fingerprint density at radius 1 is 1.31 bits per heavy atom. The number of carbonyl (C=O) groups excluding carboxylic acids is 2. The maximum Gasteiger partial charge on any atom is 0.337 e. The van der Waals surface area contributed by atoms with Crippen LogP contribution >= 0.6 is 0 Å². The number of nitrogens with one attached hydrogen (secondary N) is 1. The lowest BCUT2D eigenvalue weighted by atomic mass is 10.1. The molecule has 1 aliphatic rings. The normalized spacial score (nSPS) is 14.8. The Kier molecular flexibility index (Phi) is 5.72. The molecule has 0 unspecified atom stereocenters. The second kappa shape index (κ2) is 7.46. The summed E-state index contributed by atoms with van der Waals surface area (Å²) < 4.78 is 28.6. The van der Waals surface area contributed by atoms with Gasteiger partial charge in [0.1, 0.15) is 5.70 Å². The summed E-state index contributed by atoms with van der Waals surface area (Å²) in [6, 6.07) is 3.14. The first-order valence-corrected chi connectivity index (χ1v) is 9.79. The van der Waals surface area contributed by atoms with Gasteiger partial charge in [-0.15, -0.1) is 0 Å². The van der Waals surface area contributed by atoms with Gasteiger partial charge in [-0.05, 0) is 31.0 Å². The average molecular weight is 382 g/mol. The third kappa shape index (κ3) is 3.88. The largest absolute Gasteiger partial charge is 0.466 e. The smallest absolute Gasteiger partial charge is 0.337 e. The Balaban J connectivity index is 2.50. The van der Waals surface area contributed by atoms with Crippen LogP contribution in [-0.2, 0) is 24.2 Å². The number of nitrogens with zero attached hydrogens (tertiary/aromatic N) is 1. The predicted molar refractivity (Wildman–Crippen MR) is 95.4 cm³/mol. The SMILES string of the molecule is COC(=O)C1=C(Nc2cc(S(C)(=O)=O)c(C)cc2C)C(=O)N(CCO)C1. The molecule has 0 saturated heterocycles. The first kappa shape index (κ1) is 19.9. The quantitative estimate of drug-likeness (QED) is 0.684. The lowest BCUT2D eigenvalue weighted by Crippen LogP contribution is -2.31. The summed E-state index contributed by atoms with van der Waals surface area (Å²) in [5.74, 6) is -1.12. The molecule has 1 aliphatic heterocycles. The number of ether oxygens (including phenoxy) is 1. The lowest BCUT2D eigenvalue weighted by Gasteiger charge is -2.16. The van der Waals surface area contributed by atoms with Crippen molar-refractivity contribution < 1.29 is 27.9 Å². The third-order valence-corrected chi connectivity index (χ3v) is 5.37. The van der Waals surface area contributed by atoms with Crippen molar-refractivity contribution in [3.05, 3.63) is 34.5 Å². The van der Waals surface area contributed by atoms with Gasteiger partial charge in [0.15, 0.2) is 9.84 Å². The van der Waals surface area contributed by atoms with Crippen LogP contribution in [-0.4, -0.2) is 63.4 Å². The van der Waals surface area contributed by atoms with Crippen molar-refractivity contribution in [1.82, 2.24) is 4.90 Å². The average Bonchev–Trinajstić information content (AvgIpc) is 2.85. The van der Waals surface area contributed by atoms with Crippen molar-refractivity contribution >= 4 is 27.4 Å². The first-order chi connectivity index (χ1) is 12.1. The monoisotopic (exact) mass is 382 g/mol. The summed E-state index contributed by atoms with van der Waals surface area (Å²) in [5, 5.41) is 12.0. The van der Waals surface area contributed by atoms with E-state index in [9.17, 15) is 18.0 Å². The molecule has 26 heavy (non-hydrogen) atoms. The van der Waals surface area contributed by atoms with Gasteiger partial charge in [0.2, 0.25) is 0 Å². The number of carbonyl (C=O) groups is 2. The number of anilines is 1. The molecular formula is C17H22N2O6S. The van der Waals surface area contributed by atoms with Gasteiger partial charge >= 0.3 is 5.97 Å². The highest BCUT2D eigenvalue weighted by Crippen LogP contribution is 2.28. The minimum absolute atomic E-state index is 0.0121. The zero-order valence-electron chi connectivity index (χ0n) is 15.1. The number of aliphatic hydroxyl groups excluding tert-OH is 1. The van der Waals surface area contributed by atoms with E-state index in [1.807, 2.05) is 0 Å². The number of benzene rings is 1. The fourth-order valence-corrected chi connectivity index (χ4v) is 3.83. The van der Waals surface area contributed by atoms with Gasteiger partial charge in [-0.25, -0.2) is 13.2 Å². The number of esters is 1. The molecule has 2 N–H and O–H groups in total. The van der Waals surface area contributed by atoms with Gasteiger partial charge < -0.3 is 20.1 Å². The highest BCUT2D eigenvalue weighted by Gasteiger charge is 2.34. The first-order valence-electron chi connectivity index (χ1n) is 7.90. The fourth-order valence-electron chi connectivity index (χ4n) is 2.85. The van der Waals surface area contributed by atoms with Crippen LogP contribution in [0.4, 0.5) is 5.69 Å². The van der Waals surface area contributed by atoms with Gasteiger partial charge in [-0.3, -0.25) is 4.79 Å². The van der Waals surface area contributed by atoms with Crippen molar-refractivity contribution in [2.45, 2.75) is 18.7 Å². The molecule has 0 fully saturated rings. The summed E-state index contributed by atoms with van der Waals surface area (Å²) in [5.41, 5.74) is 1.88. The number of hydrogen-bond donors (Lipinski definition) is 2. The molecule has 1 heterocycles. The number of aliphatic hydroxyl groups is 1. The van der Waals surface area contributed by atoms with Crippen LogP contribution in [0.25, 0.3) is 0 Å². The molecule has 2 rings (SSSR count). The summed E-state index contributed by atoms with van der Waals surface area (Å²) in [7, 11) is -2.24. The number of β-amino-alcohol motifs (C(OH)–C–C–N with tert-alkyl or cyclic N) is 1. The predicted octanol–water partition coefficient (Wildman–Crippen LogP) is 0.380. The maximum atomic E-state index is 12.6. The third-order valence-electron chi connectivity index (χ3n) is 4.13. The van der Waals surface area contributed by atoms with Crippen LogP contribution in [0.5, 0.6) is 0 Å². The Morgan fingerprint density at radius 3 is 2.50 bits per heavy atom. The molecule has 142 valence electrons. The van der Waals surface area contributed by atoms with Crippen LogP contribution in [0, 0.1) is 13.8 Å². The Morgan fingerprint density at radius 2 is 1.96 bits per heavy atom. The minimum atomic E-state index is -3.45. The van der Waals surface area contributed by atoms with Crippen molar-refractivity contribution in [2.24, 2.45) is 0 Å². The zero-order valence-corrected chi connectivity index (χ0v) is 15.9. The highest BCUT2D eigenvalue weighted by molar-refractivity contribution is 7.90. The van der Waals surface area contributed by atoms with Crippen molar-refractivity contribution in [3.63, 3.8) is 0 Å². The van der Waals surface area contributed by atoms with Crippen LogP contribution in [0.15, 0.2) is 28.3 Å². The van der Waals surface area contributed by atoms with Crippen molar-refractivity contribution in [3.8, 4) is 0 Å². The van der Waals surface area contributed by atoms with E-state index in [0.717, 1.165) is 11.8 Å². The second-order valence-corrected chi connectivity index (χ2v) is 8.11.